The molecule has 0 radical (unpaired) electrons. The molecule has 0 saturated heterocycles. The van der Waals surface area contributed by atoms with Crippen molar-refractivity contribution >= 4 is 11.8 Å². The number of aromatic nitrogens is 2. The summed E-state index contributed by atoms with van der Waals surface area (Å²) < 4.78 is 28.8. The summed E-state index contributed by atoms with van der Waals surface area (Å²) in [6.07, 6.45) is 3.19. The van der Waals surface area contributed by atoms with E-state index in [0.29, 0.717) is 25.2 Å². The van der Waals surface area contributed by atoms with Gasteiger partial charge in [0.2, 0.25) is 0 Å². The van der Waals surface area contributed by atoms with Gasteiger partial charge in [0.15, 0.2) is 0 Å². The maximum absolute atomic E-state index is 14.2. The van der Waals surface area contributed by atoms with Crippen molar-refractivity contribution in [1.29, 1.82) is 0 Å². The van der Waals surface area contributed by atoms with Gasteiger partial charge in [0.25, 0.3) is 0 Å². The zero-order valence-electron chi connectivity index (χ0n) is 17.9. The average Bonchev–Trinajstić information content (AvgIpc) is 3.34. The fraction of sp³-hybridized carbons (Fsp3) is 0.333. The van der Waals surface area contributed by atoms with Crippen LogP contribution in [0.3, 0.4) is 0 Å². The summed E-state index contributed by atoms with van der Waals surface area (Å²) in [5.41, 5.74) is 0.470. The second-order valence-electron chi connectivity index (χ2n) is 8.37. The van der Waals surface area contributed by atoms with E-state index in [9.17, 15) is 18.7 Å². The second kappa shape index (κ2) is 9.08. The number of halogens is 2. The highest BCUT2D eigenvalue weighted by Gasteiger charge is 2.35. The smallest absolute Gasteiger partial charge is 0.323 e. The van der Waals surface area contributed by atoms with Crippen molar-refractivity contribution in [2.24, 2.45) is 7.05 Å². The number of carbonyl (C=O) groups excluding carboxylic acids is 1. The van der Waals surface area contributed by atoms with Gasteiger partial charge in [-0.15, -0.1) is 0 Å². The quantitative estimate of drug-likeness (QED) is 0.584. The number of nitrogens with one attached hydrogen (secondary N) is 1. The molecule has 0 atom stereocenters. The highest BCUT2D eigenvalue weighted by atomic mass is 19.1. The highest BCUT2D eigenvalue weighted by Crippen LogP contribution is 2.31. The number of hydrogen-bond acceptors (Lipinski definition) is 3. The van der Waals surface area contributed by atoms with E-state index in [0.717, 1.165) is 30.5 Å². The summed E-state index contributed by atoms with van der Waals surface area (Å²) in [5.74, 6) is -1.03. The Morgan fingerprint density at radius 2 is 1.88 bits per heavy atom. The molecule has 0 spiro atoms. The van der Waals surface area contributed by atoms with Crippen molar-refractivity contribution in [3.05, 3.63) is 71.8 Å². The third-order valence-corrected chi connectivity index (χ3v) is 5.84. The number of hydrogen-bond donors (Lipinski definition) is 2. The number of benzene rings is 2. The first-order valence-corrected chi connectivity index (χ1v) is 10.6. The monoisotopic (exact) mass is 440 g/mol. The lowest BCUT2D eigenvalue weighted by molar-refractivity contribution is 0.0192. The second-order valence-corrected chi connectivity index (χ2v) is 8.37. The zero-order chi connectivity index (χ0) is 22.7. The van der Waals surface area contributed by atoms with Gasteiger partial charge < -0.3 is 10.0 Å². The Hall–Kier alpha value is -3.26. The SMILES string of the molecule is Cn1nc(-c2ccc(F)cc2F)cc1NC(=O)N(Cc1ccccc1)CC1(O)CCCC1. The molecule has 1 aromatic heterocycles. The molecule has 0 unspecified atom stereocenters. The number of carbonyl (C=O) groups is 1. The number of rotatable bonds is 6. The van der Waals surface area contributed by atoms with E-state index in [1.165, 1.54) is 10.7 Å². The normalized spacial score (nSPS) is 15.0. The third kappa shape index (κ3) is 4.96. The Labute approximate surface area is 185 Å². The molecule has 8 heteroatoms. The first kappa shape index (κ1) is 22.0. The number of aliphatic hydroxyl groups is 1. The van der Waals surface area contributed by atoms with E-state index in [1.807, 2.05) is 30.3 Å². The van der Waals surface area contributed by atoms with Crippen molar-refractivity contribution in [3.8, 4) is 11.3 Å². The van der Waals surface area contributed by atoms with Crippen LogP contribution in [0.2, 0.25) is 0 Å². The largest absolute Gasteiger partial charge is 0.388 e. The molecule has 2 aromatic carbocycles. The molecule has 1 aliphatic rings. The molecule has 4 rings (SSSR count). The molecule has 0 bridgehead atoms. The van der Waals surface area contributed by atoms with Gasteiger partial charge in [-0.25, -0.2) is 13.6 Å². The van der Waals surface area contributed by atoms with Crippen LogP contribution in [-0.2, 0) is 13.6 Å². The van der Waals surface area contributed by atoms with E-state index in [-0.39, 0.29) is 23.8 Å². The average molecular weight is 440 g/mol. The predicted molar refractivity (Wildman–Crippen MR) is 118 cm³/mol. The third-order valence-electron chi connectivity index (χ3n) is 5.84. The number of anilines is 1. The van der Waals surface area contributed by atoms with E-state index in [1.54, 1.807) is 18.0 Å². The van der Waals surface area contributed by atoms with Crippen LogP contribution in [0.25, 0.3) is 11.3 Å². The van der Waals surface area contributed by atoms with Crippen molar-refractivity contribution < 1.29 is 18.7 Å². The first-order valence-electron chi connectivity index (χ1n) is 10.6. The summed E-state index contributed by atoms with van der Waals surface area (Å²) in [5, 5.41) is 18.0. The summed E-state index contributed by atoms with van der Waals surface area (Å²) in [7, 11) is 1.63. The minimum Gasteiger partial charge on any atom is -0.388 e. The molecule has 1 fully saturated rings. The van der Waals surface area contributed by atoms with Crippen LogP contribution in [0, 0.1) is 11.6 Å². The van der Waals surface area contributed by atoms with Gasteiger partial charge in [0.1, 0.15) is 17.5 Å². The van der Waals surface area contributed by atoms with E-state index < -0.39 is 17.2 Å². The summed E-state index contributed by atoms with van der Waals surface area (Å²) in [6, 6.07) is 14.0. The van der Waals surface area contributed by atoms with Crippen LogP contribution < -0.4 is 5.32 Å². The van der Waals surface area contributed by atoms with Crippen LogP contribution in [-0.4, -0.2) is 38.0 Å². The molecule has 1 aliphatic carbocycles. The van der Waals surface area contributed by atoms with Gasteiger partial charge in [-0.2, -0.15) is 5.10 Å². The lowest BCUT2D eigenvalue weighted by atomic mass is 10.0. The summed E-state index contributed by atoms with van der Waals surface area (Å²) >= 11 is 0. The lowest BCUT2D eigenvalue weighted by Crippen LogP contribution is -2.45. The molecule has 2 amide bonds. The standard InChI is InChI=1S/C24H26F2N4O2/c1-29-22(14-21(28-29)19-10-9-18(25)13-20(19)26)27-23(31)30(15-17-7-3-2-4-8-17)16-24(32)11-5-6-12-24/h2-4,7-10,13-14,32H,5-6,11-12,15-16H2,1H3,(H,27,31). The van der Waals surface area contributed by atoms with Gasteiger partial charge in [-0.3, -0.25) is 10.00 Å². The molecular formula is C24H26F2N4O2. The van der Waals surface area contributed by atoms with E-state index in [2.05, 4.69) is 10.4 Å². The number of amides is 2. The van der Waals surface area contributed by atoms with Crippen molar-refractivity contribution in [1.82, 2.24) is 14.7 Å². The molecule has 32 heavy (non-hydrogen) atoms. The molecule has 0 aliphatic heterocycles. The lowest BCUT2D eigenvalue weighted by Gasteiger charge is -2.31. The van der Waals surface area contributed by atoms with E-state index in [4.69, 9.17) is 0 Å². The summed E-state index contributed by atoms with van der Waals surface area (Å²) in [6.45, 7) is 0.553. The van der Waals surface area contributed by atoms with Crippen molar-refractivity contribution in [2.45, 2.75) is 37.8 Å². The fourth-order valence-corrected chi connectivity index (χ4v) is 4.15. The number of urea groups is 1. The van der Waals surface area contributed by atoms with Crippen LogP contribution >= 0.6 is 0 Å². The Balaban J connectivity index is 1.55. The zero-order valence-corrected chi connectivity index (χ0v) is 17.9. The van der Waals surface area contributed by atoms with Crippen LogP contribution in [0.4, 0.5) is 19.4 Å². The van der Waals surface area contributed by atoms with Crippen LogP contribution in [0.1, 0.15) is 31.2 Å². The first-order chi connectivity index (χ1) is 15.3. The van der Waals surface area contributed by atoms with E-state index >= 15 is 0 Å². The molecule has 1 saturated carbocycles. The molecular weight excluding hydrogens is 414 g/mol. The van der Waals surface area contributed by atoms with Crippen molar-refractivity contribution in [2.75, 3.05) is 11.9 Å². The Kier molecular flexibility index (Phi) is 6.23. The van der Waals surface area contributed by atoms with Crippen molar-refractivity contribution in [3.63, 3.8) is 0 Å². The van der Waals surface area contributed by atoms with Gasteiger partial charge in [0.05, 0.1) is 17.8 Å². The van der Waals surface area contributed by atoms with Gasteiger partial charge in [0, 0.05) is 31.3 Å². The Morgan fingerprint density at radius 1 is 1.16 bits per heavy atom. The number of aryl methyl sites for hydroxylation is 1. The van der Waals surface area contributed by atoms with Gasteiger partial charge in [-0.1, -0.05) is 43.2 Å². The summed E-state index contributed by atoms with van der Waals surface area (Å²) in [4.78, 5) is 14.8. The molecule has 3 aromatic rings. The molecule has 2 N–H and O–H groups in total. The maximum Gasteiger partial charge on any atom is 0.323 e. The highest BCUT2D eigenvalue weighted by molar-refractivity contribution is 5.89. The molecule has 168 valence electrons. The van der Waals surface area contributed by atoms with Crippen LogP contribution in [0.15, 0.2) is 54.6 Å². The maximum atomic E-state index is 14.2. The fourth-order valence-electron chi connectivity index (χ4n) is 4.15. The molecule has 1 heterocycles. The Bertz CT molecular complexity index is 1090. The topological polar surface area (TPSA) is 70.4 Å². The predicted octanol–water partition coefficient (Wildman–Crippen LogP) is 4.70. The van der Waals surface area contributed by atoms with Crippen LogP contribution in [0.5, 0.6) is 0 Å². The molecule has 6 nitrogen and oxygen atoms in total. The minimum atomic E-state index is -0.902. The van der Waals surface area contributed by atoms with Gasteiger partial charge >= 0.3 is 6.03 Å². The Morgan fingerprint density at radius 3 is 2.56 bits per heavy atom. The number of nitrogens with zero attached hydrogens (tertiary/aromatic N) is 3. The minimum absolute atomic E-state index is 0.143. The van der Waals surface area contributed by atoms with Gasteiger partial charge in [-0.05, 0) is 30.5 Å².